The molecule has 21 heavy (non-hydrogen) atoms. The molecule has 0 radical (unpaired) electrons. The van der Waals surface area contributed by atoms with Crippen LogP contribution in [0, 0.1) is 0 Å². The third-order valence-corrected chi connectivity index (χ3v) is 5.76. The summed E-state index contributed by atoms with van der Waals surface area (Å²) >= 11 is 2.05. The molecule has 110 valence electrons. The predicted octanol–water partition coefficient (Wildman–Crippen LogP) is 4.98. The van der Waals surface area contributed by atoms with Gasteiger partial charge in [0.25, 0.3) is 0 Å². The van der Waals surface area contributed by atoms with Gasteiger partial charge in [-0.3, -0.25) is 0 Å². The minimum atomic E-state index is 0.485. The maximum absolute atomic E-state index is 3.27. The summed E-state index contributed by atoms with van der Waals surface area (Å²) in [6, 6.07) is 17.9. The molecule has 1 aliphatic rings. The Balaban J connectivity index is 2.00. The molecule has 0 aliphatic carbocycles. The van der Waals surface area contributed by atoms with Gasteiger partial charge in [0, 0.05) is 16.1 Å². The monoisotopic (exact) mass is 297 g/mol. The number of thioether (sulfide) groups is 1. The van der Waals surface area contributed by atoms with Crippen molar-refractivity contribution < 1.29 is 0 Å². The molecule has 1 heterocycles. The maximum atomic E-state index is 3.27. The molecule has 1 aliphatic heterocycles. The first-order valence-corrected chi connectivity index (χ1v) is 8.68. The Bertz CT molecular complexity index is 608. The Labute approximate surface area is 132 Å². The SMILES string of the molecule is CNCCCC1Sc2ccccc2C(C)c2ccccc21. The topological polar surface area (TPSA) is 12.0 Å². The Hall–Kier alpha value is -1.25. The van der Waals surface area contributed by atoms with E-state index in [1.165, 1.54) is 34.4 Å². The highest BCUT2D eigenvalue weighted by atomic mass is 32.2. The molecule has 2 atom stereocenters. The number of nitrogens with one attached hydrogen (secondary N) is 1. The van der Waals surface area contributed by atoms with Crippen molar-refractivity contribution in [3.63, 3.8) is 0 Å². The fraction of sp³-hybridized carbons (Fsp3) is 0.368. The van der Waals surface area contributed by atoms with Crippen molar-refractivity contribution in [1.29, 1.82) is 0 Å². The smallest absolute Gasteiger partial charge is 0.0348 e. The fourth-order valence-electron chi connectivity index (χ4n) is 3.21. The number of fused-ring (bicyclic) bond motifs is 2. The summed E-state index contributed by atoms with van der Waals surface area (Å²) in [5, 5.41) is 3.84. The van der Waals surface area contributed by atoms with E-state index in [1.807, 2.05) is 18.8 Å². The molecule has 0 aromatic heterocycles. The van der Waals surface area contributed by atoms with Gasteiger partial charge in [0.2, 0.25) is 0 Å². The lowest BCUT2D eigenvalue weighted by molar-refractivity contribution is 0.667. The normalized spacial score (nSPS) is 20.5. The standard InChI is InChI=1S/C19H23NS/c1-14-15-8-3-4-10-17(15)19(12-7-13-20-2)21-18-11-6-5-9-16(14)18/h3-6,8-11,14,19-20H,7,12-13H2,1-2H3. The van der Waals surface area contributed by atoms with Crippen LogP contribution in [0.3, 0.4) is 0 Å². The summed E-state index contributed by atoms with van der Waals surface area (Å²) in [6.45, 7) is 3.44. The Morgan fingerprint density at radius 2 is 1.62 bits per heavy atom. The van der Waals surface area contributed by atoms with Crippen LogP contribution in [0.15, 0.2) is 53.4 Å². The summed E-state index contributed by atoms with van der Waals surface area (Å²) in [5.74, 6) is 0.485. The van der Waals surface area contributed by atoms with Crippen LogP contribution in [0.4, 0.5) is 0 Å². The summed E-state index contributed by atoms with van der Waals surface area (Å²) < 4.78 is 0. The summed E-state index contributed by atoms with van der Waals surface area (Å²) in [6.07, 6.45) is 2.45. The van der Waals surface area contributed by atoms with E-state index in [0.29, 0.717) is 11.2 Å². The molecule has 1 N–H and O–H groups in total. The highest BCUT2D eigenvalue weighted by Gasteiger charge is 2.26. The third-order valence-electron chi connectivity index (χ3n) is 4.36. The van der Waals surface area contributed by atoms with Gasteiger partial charge in [0.1, 0.15) is 0 Å². The van der Waals surface area contributed by atoms with Crippen molar-refractivity contribution in [2.75, 3.05) is 13.6 Å². The number of hydrogen-bond acceptors (Lipinski definition) is 2. The zero-order valence-electron chi connectivity index (χ0n) is 12.8. The van der Waals surface area contributed by atoms with Crippen molar-refractivity contribution in [3.05, 3.63) is 65.2 Å². The van der Waals surface area contributed by atoms with Crippen LogP contribution in [0.2, 0.25) is 0 Å². The quantitative estimate of drug-likeness (QED) is 0.798. The minimum absolute atomic E-state index is 0.485. The lowest BCUT2D eigenvalue weighted by atomic mass is 9.88. The summed E-state index contributed by atoms with van der Waals surface area (Å²) in [5.41, 5.74) is 4.51. The van der Waals surface area contributed by atoms with E-state index in [-0.39, 0.29) is 0 Å². The van der Waals surface area contributed by atoms with Gasteiger partial charge in [0.15, 0.2) is 0 Å². The molecule has 3 rings (SSSR count). The Kier molecular flexibility index (Phi) is 4.67. The van der Waals surface area contributed by atoms with Crippen molar-refractivity contribution in [3.8, 4) is 0 Å². The molecule has 1 nitrogen and oxygen atoms in total. The van der Waals surface area contributed by atoms with E-state index in [4.69, 9.17) is 0 Å². The van der Waals surface area contributed by atoms with Gasteiger partial charge in [-0.15, -0.1) is 11.8 Å². The third kappa shape index (κ3) is 3.02. The van der Waals surface area contributed by atoms with Gasteiger partial charge in [0.05, 0.1) is 0 Å². The molecular formula is C19H23NS. The van der Waals surface area contributed by atoms with Crippen LogP contribution in [0.25, 0.3) is 0 Å². The van der Waals surface area contributed by atoms with Gasteiger partial charge >= 0.3 is 0 Å². The average Bonchev–Trinajstić information content (AvgIpc) is 2.65. The second kappa shape index (κ2) is 6.67. The molecule has 0 spiro atoms. The zero-order chi connectivity index (χ0) is 14.7. The van der Waals surface area contributed by atoms with Crippen LogP contribution in [0.5, 0.6) is 0 Å². The Morgan fingerprint density at radius 1 is 0.952 bits per heavy atom. The van der Waals surface area contributed by atoms with Gasteiger partial charge in [-0.05, 0) is 49.2 Å². The minimum Gasteiger partial charge on any atom is -0.320 e. The lowest BCUT2D eigenvalue weighted by Gasteiger charge is -2.18. The van der Waals surface area contributed by atoms with Crippen LogP contribution in [-0.4, -0.2) is 13.6 Å². The van der Waals surface area contributed by atoms with Crippen molar-refractivity contribution in [2.45, 2.75) is 35.8 Å². The molecule has 2 heteroatoms. The first-order valence-electron chi connectivity index (χ1n) is 7.80. The second-order valence-electron chi connectivity index (χ2n) is 5.74. The molecule has 2 aromatic rings. The van der Waals surface area contributed by atoms with E-state index < -0.39 is 0 Å². The van der Waals surface area contributed by atoms with Gasteiger partial charge < -0.3 is 5.32 Å². The van der Waals surface area contributed by atoms with Crippen molar-refractivity contribution in [2.24, 2.45) is 0 Å². The molecule has 0 saturated carbocycles. The van der Waals surface area contributed by atoms with Crippen LogP contribution in [0.1, 0.15) is 47.6 Å². The second-order valence-corrected chi connectivity index (χ2v) is 6.99. The molecule has 2 unspecified atom stereocenters. The van der Waals surface area contributed by atoms with E-state index in [0.717, 1.165) is 6.54 Å². The maximum Gasteiger partial charge on any atom is 0.0348 e. The largest absolute Gasteiger partial charge is 0.320 e. The van der Waals surface area contributed by atoms with Crippen LogP contribution < -0.4 is 5.32 Å². The van der Waals surface area contributed by atoms with E-state index in [1.54, 1.807) is 0 Å². The van der Waals surface area contributed by atoms with Crippen LogP contribution >= 0.6 is 11.8 Å². The van der Waals surface area contributed by atoms with Crippen molar-refractivity contribution >= 4 is 11.8 Å². The molecular weight excluding hydrogens is 274 g/mol. The highest BCUT2D eigenvalue weighted by molar-refractivity contribution is 7.99. The number of benzene rings is 2. The van der Waals surface area contributed by atoms with Gasteiger partial charge in [-0.2, -0.15) is 0 Å². The fourth-order valence-corrected chi connectivity index (χ4v) is 4.68. The molecule has 0 amide bonds. The van der Waals surface area contributed by atoms with Crippen LogP contribution in [-0.2, 0) is 0 Å². The van der Waals surface area contributed by atoms with Gasteiger partial charge in [-0.1, -0.05) is 49.4 Å². The number of rotatable bonds is 4. The van der Waals surface area contributed by atoms with Crippen molar-refractivity contribution in [1.82, 2.24) is 5.32 Å². The number of hydrogen-bond donors (Lipinski definition) is 1. The lowest BCUT2D eigenvalue weighted by Crippen LogP contribution is -2.09. The molecule has 0 fully saturated rings. The van der Waals surface area contributed by atoms with E-state index >= 15 is 0 Å². The molecule has 0 bridgehead atoms. The molecule has 2 aromatic carbocycles. The first kappa shape index (κ1) is 14.7. The average molecular weight is 297 g/mol. The van der Waals surface area contributed by atoms with Gasteiger partial charge in [-0.25, -0.2) is 0 Å². The highest BCUT2D eigenvalue weighted by Crippen LogP contribution is 2.48. The zero-order valence-corrected chi connectivity index (χ0v) is 13.6. The predicted molar refractivity (Wildman–Crippen MR) is 92.2 cm³/mol. The summed E-state index contributed by atoms with van der Waals surface area (Å²) in [7, 11) is 2.03. The first-order chi connectivity index (χ1) is 10.3. The molecule has 0 saturated heterocycles. The summed E-state index contributed by atoms with van der Waals surface area (Å²) in [4.78, 5) is 1.45. The Morgan fingerprint density at radius 3 is 2.38 bits per heavy atom. The van der Waals surface area contributed by atoms with E-state index in [9.17, 15) is 0 Å². The van der Waals surface area contributed by atoms with E-state index in [2.05, 4.69) is 60.8 Å².